The molecule has 0 fully saturated rings. The van der Waals surface area contributed by atoms with Crippen molar-refractivity contribution in [3.8, 4) is 11.1 Å². The summed E-state index contributed by atoms with van der Waals surface area (Å²) in [6.07, 6.45) is 0. The first-order chi connectivity index (χ1) is 12.3. The lowest BCUT2D eigenvalue weighted by Crippen LogP contribution is -2.32. The SMILES string of the molecule is CCN1c2ccccc2-c2ccc(N=[N+]=[N-])cc2C1c1ccccc1. The van der Waals surface area contributed by atoms with Crippen LogP contribution in [-0.2, 0) is 0 Å². The minimum Gasteiger partial charge on any atom is -0.360 e. The van der Waals surface area contributed by atoms with Gasteiger partial charge in [0.05, 0.1) is 6.04 Å². The van der Waals surface area contributed by atoms with Crippen LogP contribution in [0.25, 0.3) is 21.6 Å². The molecular formula is C21H18N4. The van der Waals surface area contributed by atoms with Crippen LogP contribution in [0.15, 0.2) is 77.9 Å². The van der Waals surface area contributed by atoms with Gasteiger partial charge in [0.2, 0.25) is 0 Å². The first-order valence-corrected chi connectivity index (χ1v) is 8.43. The third-order valence-electron chi connectivity index (χ3n) is 4.76. The summed E-state index contributed by atoms with van der Waals surface area (Å²) in [5.41, 5.74) is 15.5. The standard InChI is InChI=1S/C21H18N4/c1-2-25-20-11-7-6-10-18(20)17-13-12-16(23-24-22)14-19(17)21(25)15-8-4-3-5-9-15/h3-14,21H,2H2,1H3. The number of rotatable bonds is 3. The average molecular weight is 326 g/mol. The highest BCUT2D eigenvalue weighted by Gasteiger charge is 2.31. The second kappa shape index (κ2) is 6.34. The van der Waals surface area contributed by atoms with Crippen molar-refractivity contribution in [3.05, 3.63) is 94.4 Å². The van der Waals surface area contributed by atoms with Gasteiger partial charge in [-0.25, -0.2) is 0 Å². The van der Waals surface area contributed by atoms with E-state index in [1.54, 1.807) is 0 Å². The molecule has 122 valence electrons. The molecule has 0 bridgehead atoms. The van der Waals surface area contributed by atoms with Crippen LogP contribution in [0.1, 0.15) is 24.1 Å². The molecule has 25 heavy (non-hydrogen) atoms. The molecule has 1 aliphatic rings. The van der Waals surface area contributed by atoms with E-state index in [4.69, 9.17) is 5.53 Å². The Labute approximate surface area is 147 Å². The summed E-state index contributed by atoms with van der Waals surface area (Å²) in [5, 5.41) is 3.81. The largest absolute Gasteiger partial charge is 0.360 e. The fourth-order valence-electron chi connectivity index (χ4n) is 3.74. The Kier molecular flexibility index (Phi) is 3.88. The molecule has 0 N–H and O–H groups in total. The zero-order valence-electron chi connectivity index (χ0n) is 14.0. The van der Waals surface area contributed by atoms with Crippen molar-refractivity contribution >= 4 is 11.4 Å². The minimum absolute atomic E-state index is 0.102. The number of anilines is 1. The van der Waals surface area contributed by atoms with E-state index in [1.807, 2.05) is 18.2 Å². The molecule has 0 spiro atoms. The molecule has 4 rings (SSSR count). The molecule has 0 aliphatic carbocycles. The zero-order chi connectivity index (χ0) is 17.2. The average Bonchev–Trinajstić information content (AvgIpc) is 2.67. The zero-order valence-corrected chi connectivity index (χ0v) is 14.0. The lowest BCUT2D eigenvalue weighted by molar-refractivity contribution is 0.719. The van der Waals surface area contributed by atoms with Gasteiger partial charge in [0.1, 0.15) is 0 Å². The smallest absolute Gasteiger partial charge is 0.0802 e. The van der Waals surface area contributed by atoms with Crippen molar-refractivity contribution in [1.29, 1.82) is 0 Å². The van der Waals surface area contributed by atoms with E-state index < -0.39 is 0 Å². The van der Waals surface area contributed by atoms with Gasteiger partial charge in [-0.1, -0.05) is 65.8 Å². The van der Waals surface area contributed by atoms with E-state index in [2.05, 4.69) is 76.4 Å². The lowest BCUT2D eigenvalue weighted by atomic mass is 9.84. The van der Waals surface area contributed by atoms with Crippen LogP contribution in [0.3, 0.4) is 0 Å². The molecule has 4 heteroatoms. The Balaban J connectivity index is 2.01. The Morgan fingerprint density at radius 2 is 1.72 bits per heavy atom. The predicted octanol–water partition coefficient (Wildman–Crippen LogP) is 6.22. The van der Waals surface area contributed by atoms with Crippen LogP contribution in [0.4, 0.5) is 11.4 Å². The number of benzene rings is 3. The van der Waals surface area contributed by atoms with Gasteiger partial charge in [0.15, 0.2) is 0 Å². The van der Waals surface area contributed by atoms with E-state index in [-0.39, 0.29) is 6.04 Å². The van der Waals surface area contributed by atoms with Gasteiger partial charge in [-0.05, 0) is 41.3 Å². The first kappa shape index (κ1) is 15.3. The molecule has 1 aliphatic heterocycles. The summed E-state index contributed by atoms with van der Waals surface area (Å²) in [6.45, 7) is 3.07. The highest BCUT2D eigenvalue weighted by Crippen LogP contribution is 2.47. The molecule has 4 nitrogen and oxygen atoms in total. The molecule has 3 aromatic rings. The van der Waals surface area contributed by atoms with Crippen LogP contribution >= 0.6 is 0 Å². The Bertz CT molecular complexity index is 959. The molecular weight excluding hydrogens is 308 g/mol. The Hall–Kier alpha value is -3.23. The molecule has 0 amide bonds. The van der Waals surface area contributed by atoms with Crippen molar-refractivity contribution in [2.24, 2.45) is 5.11 Å². The Morgan fingerprint density at radius 3 is 2.48 bits per heavy atom. The highest BCUT2D eigenvalue weighted by molar-refractivity contribution is 5.86. The number of hydrogen-bond acceptors (Lipinski definition) is 2. The molecule has 0 saturated carbocycles. The maximum Gasteiger partial charge on any atom is 0.0802 e. The van der Waals surface area contributed by atoms with E-state index in [9.17, 15) is 0 Å². The number of nitrogens with zero attached hydrogens (tertiary/aromatic N) is 4. The summed E-state index contributed by atoms with van der Waals surface area (Å²) >= 11 is 0. The predicted molar refractivity (Wildman–Crippen MR) is 102 cm³/mol. The Morgan fingerprint density at radius 1 is 0.960 bits per heavy atom. The second-order valence-corrected chi connectivity index (χ2v) is 6.08. The molecule has 1 unspecified atom stereocenters. The van der Waals surface area contributed by atoms with Crippen LogP contribution in [0.2, 0.25) is 0 Å². The maximum atomic E-state index is 8.81. The van der Waals surface area contributed by atoms with Gasteiger partial charge >= 0.3 is 0 Å². The van der Waals surface area contributed by atoms with Crippen LogP contribution in [0, 0.1) is 0 Å². The fourth-order valence-corrected chi connectivity index (χ4v) is 3.74. The first-order valence-electron chi connectivity index (χ1n) is 8.43. The van der Waals surface area contributed by atoms with Crippen molar-refractivity contribution in [1.82, 2.24) is 0 Å². The van der Waals surface area contributed by atoms with Crippen LogP contribution < -0.4 is 4.90 Å². The normalized spacial score (nSPS) is 15.1. The third kappa shape index (κ3) is 2.53. The van der Waals surface area contributed by atoms with Crippen molar-refractivity contribution in [2.75, 3.05) is 11.4 Å². The van der Waals surface area contributed by atoms with Gasteiger partial charge < -0.3 is 4.90 Å². The summed E-state index contributed by atoms with van der Waals surface area (Å²) in [6, 6.07) is 25.1. The van der Waals surface area contributed by atoms with Gasteiger partial charge in [0.25, 0.3) is 0 Å². The molecule has 0 aromatic heterocycles. The summed E-state index contributed by atoms with van der Waals surface area (Å²) < 4.78 is 0. The molecule has 0 saturated heterocycles. The van der Waals surface area contributed by atoms with E-state index >= 15 is 0 Å². The fraction of sp³-hybridized carbons (Fsp3) is 0.143. The van der Waals surface area contributed by atoms with Crippen molar-refractivity contribution in [3.63, 3.8) is 0 Å². The van der Waals surface area contributed by atoms with Gasteiger partial charge in [-0.3, -0.25) is 0 Å². The van der Waals surface area contributed by atoms with E-state index in [0.29, 0.717) is 5.69 Å². The monoisotopic (exact) mass is 326 g/mol. The maximum absolute atomic E-state index is 8.81. The number of hydrogen-bond donors (Lipinski definition) is 0. The third-order valence-corrected chi connectivity index (χ3v) is 4.76. The highest BCUT2D eigenvalue weighted by atomic mass is 15.2. The van der Waals surface area contributed by atoms with Gasteiger partial charge in [0, 0.05) is 28.4 Å². The van der Waals surface area contributed by atoms with Crippen LogP contribution in [-0.4, -0.2) is 6.54 Å². The number of azide groups is 1. The molecule has 3 aromatic carbocycles. The molecule has 1 atom stereocenters. The number of fused-ring (bicyclic) bond motifs is 3. The molecule has 1 heterocycles. The minimum atomic E-state index is 0.102. The van der Waals surface area contributed by atoms with Gasteiger partial charge in [-0.15, -0.1) is 0 Å². The van der Waals surface area contributed by atoms with Crippen molar-refractivity contribution < 1.29 is 0 Å². The molecule has 0 radical (unpaired) electrons. The van der Waals surface area contributed by atoms with Crippen LogP contribution in [0.5, 0.6) is 0 Å². The van der Waals surface area contributed by atoms with E-state index in [0.717, 1.165) is 6.54 Å². The summed E-state index contributed by atoms with van der Waals surface area (Å²) in [5.74, 6) is 0. The van der Waals surface area contributed by atoms with E-state index in [1.165, 1.54) is 27.9 Å². The van der Waals surface area contributed by atoms with Crippen molar-refractivity contribution in [2.45, 2.75) is 13.0 Å². The quantitative estimate of drug-likeness (QED) is 0.320. The lowest BCUT2D eigenvalue weighted by Gasteiger charge is -2.40. The summed E-state index contributed by atoms with van der Waals surface area (Å²) in [7, 11) is 0. The number of para-hydroxylation sites is 1. The topological polar surface area (TPSA) is 52.0 Å². The second-order valence-electron chi connectivity index (χ2n) is 6.08. The van der Waals surface area contributed by atoms with Gasteiger partial charge in [-0.2, -0.15) is 0 Å². The summed E-state index contributed by atoms with van der Waals surface area (Å²) in [4.78, 5) is 5.36.